The molecule has 2 aromatic rings. The number of benzene rings is 1. The van der Waals surface area contributed by atoms with Crippen LogP contribution in [-0.2, 0) is 12.8 Å². The molecule has 1 aromatic carbocycles. The highest BCUT2D eigenvalue weighted by Crippen LogP contribution is 2.38. The zero-order chi connectivity index (χ0) is 13.2. The first-order valence-corrected chi connectivity index (χ1v) is 8.45. The Balaban J connectivity index is 1.88. The van der Waals surface area contributed by atoms with Gasteiger partial charge in [0.05, 0.1) is 11.9 Å². The Morgan fingerprint density at radius 3 is 2.68 bits per heavy atom. The van der Waals surface area contributed by atoms with Crippen LogP contribution in [0.4, 0.5) is 0 Å². The number of thiophene rings is 1. The van der Waals surface area contributed by atoms with Crippen molar-refractivity contribution in [2.24, 2.45) is 0 Å². The summed E-state index contributed by atoms with van der Waals surface area (Å²) in [6.45, 7) is 0. The van der Waals surface area contributed by atoms with E-state index in [4.69, 9.17) is 4.74 Å². The van der Waals surface area contributed by atoms with Crippen molar-refractivity contribution in [3.63, 3.8) is 0 Å². The van der Waals surface area contributed by atoms with E-state index in [1.807, 2.05) is 0 Å². The zero-order valence-corrected chi connectivity index (χ0v) is 13.4. The number of rotatable bonds is 3. The highest BCUT2D eigenvalue weighted by atomic mass is 79.9. The summed E-state index contributed by atoms with van der Waals surface area (Å²) in [6.07, 6.45) is 5.15. The lowest BCUT2D eigenvalue weighted by atomic mass is 9.90. The number of alkyl halides is 1. The largest absolute Gasteiger partial charge is 0.496 e. The fraction of sp³-hybridized carbons (Fsp3) is 0.375. The summed E-state index contributed by atoms with van der Waals surface area (Å²) in [6, 6.07) is 9.06. The maximum Gasteiger partial charge on any atom is 0.129 e. The van der Waals surface area contributed by atoms with Crippen LogP contribution in [0.1, 0.15) is 39.2 Å². The zero-order valence-electron chi connectivity index (χ0n) is 11.0. The summed E-state index contributed by atoms with van der Waals surface area (Å²) >= 11 is 5.56. The highest BCUT2D eigenvalue weighted by molar-refractivity contribution is 9.09. The van der Waals surface area contributed by atoms with Gasteiger partial charge in [-0.25, -0.2) is 0 Å². The molecule has 1 nitrogen and oxygen atoms in total. The van der Waals surface area contributed by atoms with Crippen molar-refractivity contribution in [2.45, 2.75) is 30.5 Å². The number of ether oxygens (including phenoxy) is 1. The molecule has 0 amide bonds. The van der Waals surface area contributed by atoms with Crippen molar-refractivity contribution in [2.75, 3.05) is 7.11 Å². The van der Waals surface area contributed by atoms with Gasteiger partial charge in [0, 0.05) is 10.3 Å². The van der Waals surface area contributed by atoms with Gasteiger partial charge in [-0.05, 0) is 48.4 Å². The molecule has 100 valence electrons. The average molecular weight is 337 g/mol. The van der Waals surface area contributed by atoms with Gasteiger partial charge in [0.2, 0.25) is 0 Å². The molecule has 0 saturated heterocycles. The summed E-state index contributed by atoms with van der Waals surface area (Å²) in [5, 5.41) is 2.06. The Bertz CT molecular complexity index is 576. The van der Waals surface area contributed by atoms with Gasteiger partial charge in [-0.3, -0.25) is 0 Å². The second-order valence-electron chi connectivity index (χ2n) is 4.99. The Hall–Kier alpha value is -0.800. The van der Waals surface area contributed by atoms with Crippen LogP contribution in [0.15, 0.2) is 29.6 Å². The molecule has 1 aliphatic rings. The predicted octanol–water partition coefficient (Wildman–Crippen LogP) is 5.12. The van der Waals surface area contributed by atoms with Gasteiger partial charge in [0.1, 0.15) is 5.75 Å². The molecule has 0 aliphatic heterocycles. The van der Waals surface area contributed by atoms with Crippen LogP contribution >= 0.6 is 27.3 Å². The van der Waals surface area contributed by atoms with Crippen molar-refractivity contribution in [3.05, 3.63) is 51.2 Å². The van der Waals surface area contributed by atoms with E-state index >= 15 is 0 Å². The first-order chi connectivity index (χ1) is 9.28. The first-order valence-electron chi connectivity index (χ1n) is 6.66. The monoisotopic (exact) mass is 336 g/mol. The fourth-order valence-electron chi connectivity index (χ4n) is 2.65. The number of halogens is 1. The second-order valence-corrected chi connectivity index (χ2v) is 6.85. The molecule has 3 heteroatoms. The molecular formula is C16H17BrOS. The van der Waals surface area contributed by atoms with Gasteiger partial charge in [0.15, 0.2) is 0 Å². The lowest BCUT2D eigenvalue weighted by Gasteiger charge is -2.18. The molecule has 1 unspecified atom stereocenters. The molecule has 1 aliphatic carbocycles. The van der Waals surface area contributed by atoms with Gasteiger partial charge < -0.3 is 4.74 Å². The van der Waals surface area contributed by atoms with Gasteiger partial charge in [-0.15, -0.1) is 11.3 Å². The molecule has 1 heterocycles. The lowest BCUT2D eigenvalue weighted by Crippen LogP contribution is -2.03. The minimum Gasteiger partial charge on any atom is -0.496 e. The molecule has 0 spiro atoms. The fourth-order valence-corrected chi connectivity index (χ4v) is 4.25. The van der Waals surface area contributed by atoms with Crippen molar-refractivity contribution in [3.8, 4) is 5.75 Å². The van der Waals surface area contributed by atoms with Crippen molar-refractivity contribution < 1.29 is 4.74 Å². The number of methoxy groups -OCH3 is 1. The lowest BCUT2D eigenvalue weighted by molar-refractivity contribution is 0.416. The minimum atomic E-state index is 0.272. The number of hydrogen-bond donors (Lipinski definition) is 0. The second kappa shape index (κ2) is 5.68. The van der Waals surface area contributed by atoms with Gasteiger partial charge in [-0.2, -0.15) is 0 Å². The van der Waals surface area contributed by atoms with Crippen LogP contribution in [0.2, 0.25) is 0 Å². The van der Waals surface area contributed by atoms with Crippen LogP contribution in [-0.4, -0.2) is 7.11 Å². The van der Waals surface area contributed by atoms with E-state index in [1.165, 1.54) is 41.7 Å². The van der Waals surface area contributed by atoms with E-state index < -0.39 is 0 Å². The summed E-state index contributed by atoms with van der Waals surface area (Å²) < 4.78 is 5.26. The van der Waals surface area contributed by atoms with E-state index in [0.717, 1.165) is 5.75 Å². The third-order valence-electron chi connectivity index (χ3n) is 3.75. The molecule has 0 bridgehead atoms. The van der Waals surface area contributed by atoms with Crippen molar-refractivity contribution in [1.82, 2.24) is 0 Å². The molecule has 3 rings (SSSR count). The van der Waals surface area contributed by atoms with Gasteiger partial charge in [-0.1, -0.05) is 34.1 Å². The number of hydrogen-bond acceptors (Lipinski definition) is 2. The SMILES string of the molecule is COc1csc(C(Br)c2ccc3c(c2)CCCC3)c1. The molecule has 0 saturated carbocycles. The highest BCUT2D eigenvalue weighted by Gasteiger charge is 2.16. The third-order valence-corrected chi connectivity index (χ3v) is 6.05. The van der Waals surface area contributed by atoms with E-state index in [0.29, 0.717) is 0 Å². The summed E-state index contributed by atoms with van der Waals surface area (Å²) in [5.41, 5.74) is 4.43. The maximum atomic E-state index is 5.26. The molecule has 1 atom stereocenters. The Morgan fingerprint density at radius 1 is 1.16 bits per heavy atom. The average Bonchev–Trinajstić information content (AvgIpc) is 2.95. The molecule has 1 aromatic heterocycles. The standard InChI is InChI=1S/C16H17BrOS/c1-18-14-9-15(19-10-14)16(17)13-7-6-11-4-2-3-5-12(11)8-13/h6-10,16H,2-5H2,1H3. The molecule has 0 radical (unpaired) electrons. The molecular weight excluding hydrogens is 320 g/mol. The van der Waals surface area contributed by atoms with E-state index in [9.17, 15) is 0 Å². The number of fused-ring (bicyclic) bond motifs is 1. The maximum absolute atomic E-state index is 5.26. The molecule has 0 N–H and O–H groups in total. The first kappa shape index (κ1) is 13.2. The Labute approximate surface area is 126 Å². The van der Waals surface area contributed by atoms with Gasteiger partial charge in [0.25, 0.3) is 0 Å². The van der Waals surface area contributed by atoms with Crippen LogP contribution in [0.3, 0.4) is 0 Å². The Morgan fingerprint density at radius 2 is 1.95 bits per heavy atom. The van der Waals surface area contributed by atoms with Crippen molar-refractivity contribution >= 4 is 27.3 Å². The van der Waals surface area contributed by atoms with E-state index in [2.05, 4.69) is 45.6 Å². The Kier molecular flexibility index (Phi) is 3.94. The summed E-state index contributed by atoms with van der Waals surface area (Å²) in [7, 11) is 1.72. The normalized spacial score (nSPS) is 15.9. The van der Waals surface area contributed by atoms with Crippen LogP contribution in [0.25, 0.3) is 0 Å². The topological polar surface area (TPSA) is 9.23 Å². The van der Waals surface area contributed by atoms with Crippen molar-refractivity contribution in [1.29, 1.82) is 0 Å². The number of aryl methyl sites for hydroxylation is 2. The van der Waals surface area contributed by atoms with Crippen LogP contribution in [0.5, 0.6) is 5.75 Å². The predicted molar refractivity (Wildman–Crippen MR) is 84.7 cm³/mol. The van der Waals surface area contributed by atoms with Gasteiger partial charge >= 0.3 is 0 Å². The molecule has 19 heavy (non-hydrogen) atoms. The van der Waals surface area contributed by atoms with Crippen LogP contribution in [0, 0.1) is 0 Å². The minimum absolute atomic E-state index is 0.272. The smallest absolute Gasteiger partial charge is 0.129 e. The van der Waals surface area contributed by atoms with E-state index in [1.54, 1.807) is 24.0 Å². The third kappa shape index (κ3) is 2.72. The summed E-state index contributed by atoms with van der Waals surface area (Å²) in [4.78, 5) is 1.57. The molecule has 0 fully saturated rings. The quantitative estimate of drug-likeness (QED) is 0.707. The summed E-state index contributed by atoms with van der Waals surface area (Å²) in [5.74, 6) is 0.947. The van der Waals surface area contributed by atoms with E-state index in [-0.39, 0.29) is 4.83 Å². The van der Waals surface area contributed by atoms with Crippen LogP contribution < -0.4 is 4.74 Å².